The standard InChI is InChI=1S/C18H21F2NO6/c1-4-25-17(22)12(18(23)26-5-2)8-21-11(9-24-3)10-27-16-14(21)7-6-13(19)15(16)20/h6-8,11H,4-5,9-10H2,1-3H3. The summed E-state index contributed by atoms with van der Waals surface area (Å²) in [6.07, 6.45) is 1.19. The molecule has 0 saturated carbocycles. The minimum Gasteiger partial charge on any atom is -0.486 e. The average Bonchev–Trinajstić information content (AvgIpc) is 2.64. The summed E-state index contributed by atoms with van der Waals surface area (Å²) in [6.45, 7) is 3.39. The molecule has 0 saturated heterocycles. The molecule has 1 unspecified atom stereocenters. The Morgan fingerprint density at radius 1 is 1.22 bits per heavy atom. The van der Waals surface area contributed by atoms with Crippen molar-refractivity contribution in [3.63, 3.8) is 0 Å². The van der Waals surface area contributed by atoms with E-state index in [1.807, 2.05) is 0 Å². The molecule has 0 radical (unpaired) electrons. The van der Waals surface area contributed by atoms with Crippen molar-refractivity contribution in [1.82, 2.24) is 0 Å². The van der Waals surface area contributed by atoms with Crippen LogP contribution in [0.2, 0.25) is 0 Å². The van der Waals surface area contributed by atoms with Crippen molar-refractivity contribution in [2.45, 2.75) is 19.9 Å². The fourth-order valence-electron chi connectivity index (χ4n) is 2.56. The van der Waals surface area contributed by atoms with Crippen LogP contribution in [-0.2, 0) is 23.8 Å². The van der Waals surface area contributed by atoms with E-state index in [2.05, 4.69) is 0 Å². The van der Waals surface area contributed by atoms with Gasteiger partial charge >= 0.3 is 11.9 Å². The third kappa shape index (κ3) is 4.54. The summed E-state index contributed by atoms with van der Waals surface area (Å²) in [4.78, 5) is 25.9. The molecule has 27 heavy (non-hydrogen) atoms. The highest BCUT2D eigenvalue weighted by Crippen LogP contribution is 2.38. The Morgan fingerprint density at radius 3 is 2.41 bits per heavy atom. The van der Waals surface area contributed by atoms with E-state index in [1.54, 1.807) is 13.8 Å². The molecule has 0 aliphatic carbocycles. The van der Waals surface area contributed by atoms with E-state index < -0.39 is 29.6 Å². The number of carbonyl (C=O) groups is 2. The Bertz CT molecular complexity index is 717. The summed E-state index contributed by atoms with van der Waals surface area (Å²) in [7, 11) is 1.46. The first-order chi connectivity index (χ1) is 12.9. The second-order valence-corrected chi connectivity index (χ2v) is 5.52. The monoisotopic (exact) mass is 385 g/mol. The molecular weight excluding hydrogens is 364 g/mol. The van der Waals surface area contributed by atoms with Crippen molar-refractivity contribution >= 4 is 17.6 Å². The van der Waals surface area contributed by atoms with Gasteiger partial charge in [-0.1, -0.05) is 0 Å². The predicted molar refractivity (Wildman–Crippen MR) is 91.3 cm³/mol. The maximum absolute atomic E-state index is 14.1. The lowest BCUT2D eigenvalue weighted by Gasteiger charge is -2.36. The quantitative estimate of drug-likeness (QED) is 0.308. The smallest absolute Gasteiger partial charge is 0.347 e. The van der Waals surface area contributed by atoms with Crippen LogP contribution in [0, 0.1) is 11.6 Å². The Balaban J connectivity index is 2.54. The number of benzene rings is 1. The van der Waals surface area contributed by atoms with Gasteiger partial charge in [-0.05, 0) is 26.0 Å². The number of fused-ring (bicyclic) bond motifs is 1. The van der Waals surface area contributed by atoms with Gasteiger partial charge in [-0.3, -0.25) is 0 Å². The SMILES string of the molecule is CCOC(=O)C(=CN1c2ccc(F)c(F)c2OCC1COC)C(=O)OCC. The van der Waals surface area contributed by atoms with Crippen LogP contribution in [0.1, 0.15) is 13.8 Å². The number of rotatable bonds is 7. The molecule has 7 nitrogen and oxygen atoms in total. The van der Waals surface area contributed by atoms with Crippen LogP contribution < -0.4 is 9.64 Å². The second kappa shape index (κ2) is 9.31. The summed E-state index contributed by atoms with van der Waals surface area (Å²) in [5.41, 5.74) is -0.231. The van der Waals surface area contributed by atoms with Crippen LogP contribution in [0.5, 0.6) is 5.75 Å². The molecule has 9 heteroatoms. The van der Waals surface area contributed by atoms with Crippen molar-refractivity contribution in [2.75, 3.05) is 38.4 Å². The number of ether oxygens (including phenoxy) is 4. The van der Waals surface area contributed by atoms with Crippen molar-refractivity contribution in [3.8, 4) is 5.75 Å². The maximum atomic E-state index is 14.1. The van der Waals surface area contributed by atoms with E-state index in [0.717, 1.165) is 6.07 Å². The van der Waals surface area contributed by atoms with Crippen LogP contribution in [-0.4, -0.2) is 51.5 Å². The lowest BCUT2D eigenvalue weighted by molar-refractivity contribution is -0.146. The van der Waals surface area contributed by atoms with Crippen LogP contribution >= 0.6 is 0 Å². The van der Waals surface area contributed by atoms with Gasteiger partial charge < -0.3 is 23.8 Å². The topological polar surface area (TPSA) is 74.3 Å². The molecule has 2 rings (SSSR count). The lowest BCUT2D eigenvalue weighted by Crippen LogP contribution is -2.44. The molecule has 0 N–H and O–H groups in total. The van der Waals surface area contributed by atoms with Crippen molar-refractivity contribution in [1.29, 1.82) is 0 Å². The Hall–Kier alpha value is -2.68. The maximum Gasteiger partial charge on any atom is 0.347 e. The van der Waals surface area contributed by atoms with Gasteiger partial charge in [-0.25, -0.2) is 14.0 Å². The molecule has 1 heterocycles. The predicted octanol–water partition coefficient (Wildman–Crippen LogP) is 2.19. The van der Waals surface area contributed by atoms with Gasteiger partial charge in [-0.15, -0.1) is 0 Å². The molecule has 1 atom stereocenters. The van der Waals surface area contributed by atoms with E-state index in [4.69, 9.17) is 18.9 Å². The largest absolute Gasteiger partial charge is 0.486 e. The minimum absolute atomic E-state index is 0.0450. The number of carbonyl (C=O) groups excluding carboxylic acids is 2. The summed E-state index contributed by atoms with van der Waals surface area (Å²) >= 11 is 0. The molecule has 1 aromatic rings. The zero-order chi connectivity index (χ0) is 20.0. The Morgan fingerprint density at radius 2 is 1.85 bits per heavy atom. The first-order valence-electron chi connectivity index (χ1n) is 8.38. The zero-order valence-electron chi connectivity index (χ0n) is 15.3. The summed E-state index contributed by atoms with van der Waals surface area (Å²) in [5, 5.41) is 0. The highest BCUT2D eigenvalue weighted by atomic mass is 19.2. The normalized spacial score (nSPS) is 15.4. The fourth-order valence-corrected chi connectivity index (χ4v) is 2.56. The van der Waals surface area contributed by atoms with Crippen LogP contribution in [0.15, 0.2) is 23.9 Å². The van der Waals surface area contributed by atoms with Gasteiger partial charge in [0.05, 0.1) is 31.5 Å². The molecule has 1 aliphatic heterocycles. The molecule has 0 aromatic heterocycles. The first-order valence-corrected chi connectivity index (χ1v) is 8.38. The van der Waals surface area contributed by atoms with Crippen molar-refractivity contribution < 1.29 is 37.3 Å². The third-order valence-corrected chi connectivity index (χ3v) is 3.74. The van der Waals surface area contributed by atoms with E-state index in [9.17, 15) is 18.4 Å². The van der Waals surface area contributed by atoms with E-state index in [-0.39, 0.29) is 43.4 Å². The number of nitrogens with zero attached hydrogens (tertiary/aromatic N) is 1. The van der Waals surface area contributed by atoms with Crippen molar-refractivity contribution in [3.05, 3.63) is 35.5 Å². The summed E-state index contributed by atoms with van der Waals surface area (Å²) in [6, 6.07) is 1.73. The van der Waals surface area contributed by atoms with Crippen molar-refractivity contribution in [2.24, 2.45) is 0 Å². The molecular formula is C18H21F2NO6. The Kier molecular flexibility index (Phi) is 7.12. The fraction of sp³-hybridized carbons (Fsp3) is 0.444. The van der Waals surface area contributed by atoms with Gasteiger partial charge in [0.25, 0.3) is 0 Å². The molecule has 0 bridgehead atoms. The highest BCUT2D eigenvalue weighted by Gasteiger charge is 2.32. The minimum atomic E-state index is -1.16. The van der Waals surface area contributed by atoms with Gasteiger partial charge in [0.1, 0.15) is 6.61 Å². The molecule has 148 valence electrons. The first kappa shape index (κ1) is 20.6. The van der Waals surface area contributed by atoms with E-state index >= 15 is 0 Å². The van der Waals surface area contributed by atoms with Crippen LogP contribution in [0.3, 0.4) is 0 Å². The molecule has 0 fully saturated rings. The summed E-state index contributed by atoms with van der Waals surface area (Å²) in [5.74, 6) is -4.31. The van der Waals surface area contributed by atoms with E-state index in [0.29, 0.717) is 0 Å². The summed E-state index contributed by atoms with van der Waals surface area (Å²) < 4.78 is 47.9. The number of hydrogen-bond donors (Lipinski definition) is 0. The van der Waals surface area contributed by atoms with Gasteiger partial charge in [0.15, 0.2) is 17.1 Å². The number of methoxy groups -OCH3 is 1. The second-order valence-electron chi connectivity index (χ2n) is 5.52. The molecule has 1 aliphatic rings. The highest BCUT2D eigenvalue weighted by molar-refractivity contribution is 6.14. The van der Waals surface area contributed by atoms with Crippen LogP contribution in [0.4, 0.5) is 14.5 Å². The zero-order valence-corrected chi connectivity index (χ0v) is 15.3. The third-order valence-electron chi connectivity index (χ3n) is 3.74. The van der Waals surface area contributed by atoms with E-state index in [1.165, 1.54) is 24.3 Å². The number of hydrogen-bond acceptors (Lipinski definition) is 7. The number of anilines is 1. The van der Waals surface area contributed by atoms with Gasteiger partial charge in [-0.2, -0.15) is 4.39 Å². The molecule has 1 aromatic carbocycles. The molecule has 0 amide bonds. The van der Waals surface area contributed by atoms with Gasteiger partial charge in [0.2, 0.25) is 5.82 Å². The number of esters is 2. The number of halogens is 2. The average molecular weight is 385 g/mol. The lowest BCUT2D eigenvalue weighted by atomic mass is 10.1. The van der Waals surface area contributed by atoms with Gasteiger partial charge in [0, 0.05) is 13.3 Å². The van der Waals surface area contributed by atoms with Crippen LogP contribution in [0.25, 0.3) is 0 Å². The molecule has 0 spiro atoms. The Labute approximate surface area is 155 Å².